The van der Waals surface area contributed by atoms with Crippen LogP contribution in [0.15, 0.2) is 0 Å². The summed E-state index contributed by atoms with van der Waals surface area (Å²) in [5, 5.41) is 0. The summed E-state index contributed by atoms with van der Waals surface area (Å²) in [5.41, 5.74) is -1.05. The van der Waals surface area contributed by atoms with Crippen LogP contribution in [0, 0.1) is 26.3 Å². The molecule has 0 amide bonds. The largest absolute Gasteiger partial charge is 1.00 e. The summed E-state index contributed by atoms with van der Waals surface area (Å²) in [6.45, 7) is 42.9. The Morgan fingerprint density at radius 3 is 0.576 bits per heavy atom. The first-order valence-electron chi connectivity index (χ1n) is 10.0. The van der Waals surface area contributed by atoms with Crippen molar-refractivity contribution in [3.05, 3.63) is 45.7 Å². The second-order valence-electron chi connectivity index (χ2n) is 9.12. The fraction of sp³-hybridized carbons (Fsp3) is 0.833. The molecule has 0 aromatic carbocycles. The molecule has 194 valence electrons. The normalized spacial score (nSPS) is 10.4. The maximum Gasteiger partial charge on any atom is 1.00 e. The third kappa shape index (κ3) is 35.1. The molecule has 0 aromatic rings. The molecule has 0 aromatic heterocycles. The van der Waals surface area contributed by atoms with E-state index >= 15 is 0 Å². The number of hydrogen-bond acceptors (Lipinski definition) is 4. The topological polar surface area (TPSA) is 54.4 Å². The van der Waals surface area contributed by atoms with E-state index in [2.05, 4.69) is 19.4 Å². The Morgan fingerprint density at radius 1 is 0.424 bits per heavy atom. The van der Waals surface area contributed by atoms with Gasteiger partial charge in [0.05, 0.1) is 0 Å². The smallest absolute Gasteiger partial charge is 0.371 e. The van der Waals surface area contributed by atoms with Gasteiger partial charge in [0.2, 0.25) is 26.2 Å². The molecule has 0 aliphatic rings. The van der Waals surface area contributed by atoms with Crippen LogP contribution in [0.25, 0.3) is 19.4 Å². The Morgan fingerprint density at radius 2 is 0.545 bits per heavy atom. The maximum atomic E-state index is 6.51. The number of rotatable bonds is 8. The van der Waals surface area contributed by atoms with Gasteiger partial charge in [-0.15, -0.1) is 0 Å². The number of hydrogen-bond donors (Lipinski definition) is 0. The Hall–Kier alpha value is -1.68. The second-order valence-corrected chi connectivity index (χ2v) is 9.12. The van der Waals surface area contributed by atoms with Crippen LogP contribution in [0.3, 0.4) is 0 Å². The Labute approximate surface area is 214 Å². The van der Waals surface area contributed by atoms with E-state index in [1.807, 2.05) is 55.4 Å². The van der Waals surface area contributed by atoms with E-state index in [1.165, 1.54) is 0 Å². The first kappa shape index (κ1) is 41.6. The molecule has 0 atom stereocenters. The molecule has 33 heavy (non-hydrogen) atoms. The molecule has 0 heterocycles. The molecule has 0 N–H and O–H groups in total. The van der Waals surface area contributed by atoms with Gasteiger partial charge in [0, 0.05) is 28.4 Å². The summed E-state index contributed by atoms with van der Waals surface area (Å²) in [4.78, 5) is 12.8. The standard InChI is InChI=1S/4C6H11NO.Cu/c4*1-6(2,8-4)5-7-3;/h4*5H2,1-2,4H3;/q;;;;+1. The van der Waals surface area contributed by atoms with Gasteiger partial charge in [-0.1, -0.05) is 0 Å². The van der Waals surface area contributed by atoms with Crippen molar-refractivity contribution < 1.29 is 36.0 Å². The average Bonchev–Trinajstić information content (AvgIpc) is 2.69. The molecule has 8 nitrogen and oxygen atoms in total. The fourth-order valence-corrected chi connectivity index (χ4v) is 1.02. The zero-order valence-corrected chi connectivity index (χ0v) is 23.5. The van der Waals surface area contributed by atoms with Crippen LogP contribution in [-0.4, -0.2) is 77.0 Å². The van der Waals surface area contributed by atoms with E-state index in [0.717, 1.165) is 0 Å². The summed E-state index contributed by atoms with van der Waals surface area (Å²) >= 11 is 0. The fourth-order valence-electron chi connectivity index (χ4n) is 1.02. The molecule has 0 rings (SSSR count). The van der Waals surface area contributed by atoms with Gasteiger partial charge < -0.3 is 38.3 Å². The monoisotopic (exact) mass is 515 g/mol. The molecule has 0 aliphatic carbocycles. The number of nitrogens with zero attached hydrogens (tertiary/aromatic N) is 4. The van der Waals surface area contributed by atoms with Crippen LogP contribution < -0.4 is 0 Å². The summed E-state index contributed by atoms with van der Waals surface area (Å²) in [6.07, 6.45) is 0. The molecule has 0 saturated carbocycles. The van der Waals surface area contributed by atoms with Crippen LogP contribution in [0.4, 0.5) is 0 Å². The third-order valence-corrected chi connectivity index (χ3v) is 4.05. The van der Waals surface area contributed by atoms with E-state index in [-0.39, 0.29) is 39.5 Å². The van der Waals surface area contributed by atoms with Crippen LogP contribution in [0.2, 0.25) is 0 Å². The van der Waals surface area contributed by atoms with E-state index in [9.17, 15) is 0 Å². The van der Waals surface area contributed by atoms with Gasteiger partial charge in [-0.2, -0.15) is 0 Å². The van der Waals surface area contributed by atoms with Crippen molar-refractivity contribution in [3.8, 4) is 0 Å². The first-order valence-corrected chi connectivity index (χ1v) is 10.0. The van der Waals surface area contributed by atoms with Gasteiger partial charge in [-0.25, -0.2) is 26.3 Å². The summed E-state index contributed by atoms with van der Waals surface area (Å²) < 4.78 is 19.9. The quantitative estimate of drug-likeness (QED) is 0.324. The second kappa shape index (κ2) is 22.1. The van der Waals surface area contributed by atoms with Crippen molar-refractivity contribution in [1.82, 2.24) is 0 Å². The molecular weight excluding hydrogens is 472 g/mol. The third-order valence-electron chi connectivity index (χ3n) is 4.05. The molecule has 9 heteroatoms. The van der Waals surface area contributed by atoms with E-state index in [0.29, 0.717) is 26.2 Å². The number of methoxy groups -OCH3 is 4. The van der Waals surface area contributed by atoms with E-state index < -0.39 is 0 Å². The van der Waals surface area contributed by atoms with E-state index in [4.69, 9.17) is 45.2 Å². The maximum absolute atomic E-state index is 6.51. The SMILES string of the molecule is [C-]#[N+]CC(C)(C)OC.[C-]#[N+]CC(C)(C)OC.[C-]#[N+]CC(C)(C)OC.[C-]#[N+]CC(C)(C)OC.[Cu+]. The molecule has 0 spiro atoms. The molecule has 0 bridgehead atoms. The predicted molar refractivity (Wildman–Crippen MR) is 130 cm³/mol. The first-order chi connectivity index (χ1) is 14.5. The zero-order valence-electron chi connectivity index (χ0n) is 22.6. The van der Waals surface area contributed by atoms with Gasteiger partial charge in [0.1, 0.15) is 22.4 Å². The van der Waals surface area contributed by atoms with Gasteiger partial charge in [0.15, 0.2) is 0 Å². The molecule has 0 fully saturated rings. The minimum absolute atomic E-state index is 0. The Kier molecular flexibility index (Phi) is 27.9. The van der Waals surface area contributed by atoms with Crippen molar-refractivity contribution in [3.63, 3.8) is 0 Å². The summed E-state index contributed by atoms with van der Waals surface area (Å²) in [7, 11) is 6.46. The van der Waals surface area contributed by atoms with Crippen LogP contribution in [0.1, 0.15) is 55.4 Å². The number of ether oxygens (including phenoxy) is 4. The molecular formula is C24H44CuN4O4+. The summed E-state index contributed by atoms with van der Waals surface area (Å²) in [6, 6.07) is 0. The average molecular weight is 516 g/mol. The zero-order chi connectivity index (χ0) is 26.5. The van der Waals surface area contributed by atoms with Gasteiger partial charge in [-0.3, -0.25) is 0 Å². The van der Waals surface area contributed by atoms with Crippen molar-refractivity contribution in [2.75, 3.05) is 54.6 Å². The van der Waals surface area contributed by atoms with Crippen molar-refractivity contribution >= 4 is 0 Å². The summed E-state index contributed by atoms with van der Waals surface area (Å²) in [5.74, 6) is 0. The van der Waals surface area contributed by atoms with Crippen LogP contribution in [-0.2, 0) is 36.0 Å². The van der Waals surface area contributed by atoms with Crippen molar-refractivity contribution in [2.45, 2.75) is 77.8 Å². The predicted octanol–water partition coefficient (Wildman–Crippen LogP) is 5.32. The van der Waals surface area contributed by atoms with Gasteiger partial charge in [0.25, 0.3) is 0 Å². The minimum atomic E-state index is -0.262. The molecule has 0 saturated heterocycles. The molecule has 0 aliphatic heterocycles. The Balaban J connectivity index is -0.000000105. The van der Waals surface area contributed by atoms with E-state index in [1.54, 1.807) is 28.4 Å². The Bertz CT molecular complexity index is 525. The van der Waals surface area contributed by atoms with Crippen molar-refractivity contribution in [1.29, 1.82) is 0 Å². The van der Waals surface area contributed by atoms with Crippen molar-refractivity contribution in [2.24, 2.45) is 0 Å². The van der Waals surface area contributed by atoms with Gasteiger partial charge >= 0.3 is 17.1 Å². The minimum Gasteiger partial charge on any atom is -0.371 e. The molecule has 0 unspecified atom stereocenters. The van der Waals surface area contributed by atoms with Crippen LogP contribution in [0.5, 0.6) is 0 Å². The van der Waals surface area contributed by atoms with Crippen LogP contribution >= 0.6 is 0 Å². The van der Waals surface area contributed by atoms with Gasteiger partial charge in [-0.05, 0) is 55.4 Å². The molecule has 0 radical (unpaired) electrons.